The highest BCUT2D eigenvalue weighted by atomic mass is 19.4. The second kappa shape index (κ2) is 10.2. The third-order valence-corrected chi connectivity index (χ3v) is 6.68. The molecule has 0 spiro atoms. The van der Waals surface area contributed by atoms with Crippen LogP contribution in [0, 0.1) is 18.7 Å². The zero-order valence-corrected chi connectivity index (χ0v) is 20.9. The monoisotopic (exact) mass is 578 g/mol. The number of aromatic nitrogens is 3. The first-order chi connectivity index (χ1) is 18.5. The average molecular weight is 578 g/mol. The molecule has 40 heavy (non-hydrogen) atoms. The van der Waals surface area contributed by atoms with Crippen LogP contribution in [0.3, 0.4) is 0 Å². The van der Waals surface area contributed by atoms with Gasteiger partial charge in [0.15, 0.2) is 5.82 Å². The summed E-state index contributed by atoms with van der Waals surface area (Å²) in [6, 6.07) is 1.19. The van der Waals surface area contributed by atoms with Gasteiger partial charge in [-0.05, 0) is 30.7 Å². The first-order valence-electron chi connectivity index (χ1n) is 11.8. The molecule has 0 aliphatic carbocycles. The number of nitrogen functional groups attached to an aromatic ring is 1. The van der Waals surface area contributed by atoms with Crippen molar-refractivity contribution in [2.45, 2.75) is 44.8 Å². The van der Waals surface area contributed by atoms with Crippen molar-refractivity contribution in [3.05, 3.63) is 47.0 Å². The number of halogens is 8. The van der Waals surface area contributed by atoms with E-state index in [4.69, 9.17) is 5.73 Å². The van der Waals surface area contributed by atoms with Crippen molar-refractivity contribution in [1.82, 2.24) is 24.8 Å². The zero-order valence-electron chi connectivity index (χ0n) is 20.9. The van der Waals surface area contributed by atoms with Crippen LogP contribution in [0.2, 0.25) is 0 Å². The molecule has 1 aliphatic heterocycles. The third kappa shape index (κ3) is 5.51. The molecule has 3 aromatic rings. The summed E-state index contributed by atoms with van der Waals surface area (Å²) in [5, 5.41) is 6.09. The molecular weight excluding hydrogens is 556 g/mol. The van der Waals surface area contributed by atoms with Crippen LogP contribution in [0.1, 0.15) is 34.8 Å². The van der Waals surface area contributed by atoms with Gasteiger partial charge in [-0.1, -0.05) is 6.92 Å². The van der Waals surface area contributed by atoms with Crippen molar-refractivity contribution in [1.29, 1.82) is 0 Å². The predicted molar refractivity (Wildman–Crippen MR) is 125 cm³/mol. The number of likely N-dealkylation sites (tertiary alicyclic amines) is 1. The van der Waals surface area contributed by atoms with Crippen molar-refractivity contribution >= 4 is 23.1 Å². The number of hydrogen-bond acceptors (Lipinski definition) is 5. The maximum absolute atomic E-state index is 15.0. The van der Waals surface area contributed by atoms with Crippen LogP contribution in [-0.2, 0) is 11.0 Å². The Hall–Kier alpha value is -3.98. The van der Waals surface area contributed by atoms with E-state index in [-0.39, 0.29) is 16.8 Å². The largest absolute Gasteiger partial charge is 0.418 e. The molecule has 0 saturated carbocycles. The number of nitrogens with zero attached hydrogens (tertiary/aromatic N) is 4. The van der Waals surface area contributed by atoms with E-state index in [0.29, 0.717) is 6.07 Å². The summed E-state index contributed by atoms with van der Waals surface area (Å²) in [5.74, 6) is -5.32. The van der Waals surface area contributed by atoms with Crippen molar-refractivity contribution < 1.29 is 44.7 Å². The molecule has 3 N–H and O–H groups in total. The molecule has 16 heteroatoms. The molecule has 2 amide bonds. The van der Waals surface area contributed by atoms with Crippen LogP contribution >= 0.6 is 0 Å². The Balaban J connectivity index is 1.61. The highest BCUT2D eigenvalue weighted by Crippen LogP contribution is 2.39. The number of anilines is 1. The van der Waals surface area contributed by atoms with Crippen molar-refractivity contribution in [3.63, 3.8) is 0 Å². The number of amides is 2. The fourth-order valence-electron chi connectivity index (χ4n) is 4.45. The molecule has 216 valence electrons. The van der Waals surface area contributed by atoms with Gasteiger partial charge in [0.1, 0.15) is 23.8 Å². The highest BCUT2D eigenvalue weighted by Gasteiger charge is 2.42. The second-order valence-electron chi connectivity index (χ2n) is 9.54. The number of carbonyl (C=O) groups is 2. The standard InChI is InChI=1S/C24H22F8N6O2/c1-10-3-15(25)13(18-6-14(24(30,31)32)20-21(33)34-9-35-38(18)20)5-12(10)22(40)36-17-8-37(7-16(17)26)19(39)4-11(2)23(27,28)29/h3,5-6,9,11,16-17H,4,7-8H2,1-2H3,(H,36,40)(H2,33,34,35)/t11?,16-,17+/m0/s1. The van der Waals surface area contributed by atoms with Gasteiger partial charge in [-0.2, -0.15) is 31.4 Å². The van der Waals surface area contributed by atoms with Gasteiger partial charge in [0.25, 0.3) is 5.91 Å². The zero-order chi connectivity index (χ0) is 29.7. The summed E-state index contributed by atoms with van der Waals surface area (Å²) in [4.78, 5) is 29.7. The van der Waals surface area contributed by atoms with Crippen LogP contribution in [0.5, 0.6) is 0 Å². The maximum Gasteiger partial charge on any atom is 0.418 e. The Bertz CT molecular complexity index is 1470. The Morgan fingerprint density at radius 1 is 1.15 bits per heavy atom. The first kappa shape index (κ1) is 29.0. The number of carbonyl (C=O) groups excluding carboxylic acids is 2. The summed E-state index contributed by atoms with van der Waals surface area (Å²) >= 11 is 0. The summed E-state index contributed by atoms with van der Waals surface area (Å²) in [5.41, 5.74) is 2.78. The molecule has 4 rings (SSSR count). The third-order valence-electron chi connectivity index (χ3n) is 6.68. The molecular formula is C24H22F8N6O2. The topological polar surface area (TPSA) is 106 Å². The predicted octanol–water partition coefficient (Wildman–Crippen LogP) is 4.31. The summed E-state index contributed by atoms with van der Waals surface area (Å²) in [6.07, 6.45) is -11.3. The van der Waals surface area contributed by atoms with E-state index in [2.05, 4.69) is 15.4 Å². The molecule has 3 heterocycles. The summed E-state index contributed by atoms with van der Waals surface area (Å²) in [6.45, 7) is 1.22. The van der Waals surface area contributed by atoms with Crippen LogP contribution in [0.25, 0.3) is 16.8 Å². The number of nitrogens with one attached hydrogen (secondary N) is 1. The van der Waals surface area contributed by atoms with Gasteiger partial charge in [0, 0.05) is 24.1 Å². The molecule has 1 aromatic carbocycles. The number of hydrogen-bond donors (Lipinski definition) is 2. The molecule has 3 atom stereocenters. The lowest BCUT2D eigenvalue weighted by Crippen LogP contribution is -2.42. The van der Waals surface area contributed by atoms with Crippen LogP contribution in [-0.4, -0.2) is 62.8 Å². The minimum Gasteiger partial charge on any atom is -0.382 e. The fourth-order valence-corrected chi connectivity index (χ4v) is 4.45. The SMILES string of the molecule is Cc1cc(F)c(-c2cc(C(F)(F)F)c3c(N)ncnn23)cc1C(=O)N[C@@H]1CN(C(=O)CC(C)C(F)(F)F)C[C@@H]1F. The van der Waals surface area contributed by atoms with E-state index in [0.717, 1.165) is 34.8 Å². The van der Waals surface area contributed by atoms with Crippen molar-refractivity contribution in [2.24, 2.45) is 5.92 Å². The molecule has 1 saturated heterocycles. The Morgan fingerprint density at radius 3 is 2.45 bits per heavy atom. The van der Waals surface area contributed by atoms with Crippen molar-refractivity contribution in [2.75, 3.05) is 18.8 Å². The second-order valence-corrected chi connectivity index (χ2v) is 9.54. The molecule has 0 radical (unpaired) electrons. The van der Waals surface area contributed by atoms with Crippen LogP contribution in [0.15, 0.2) is 24.5 Å². The number of benzene rings is 1. The summed E-state index contributed by atoms with van der Waals surface area (Å²) in [7, 11) is 0. The lowest BCUT2D eigenvalue weighted by molar-refractivity contribution is -0.176. The number of nitrogens with two attached hydrogens (primary N) is 1. The molecule has 1 fully saturated rings. The minimum atomic E-state index is -4.90. The van der Waals surface area contributed by atoms with Gasteiger partial charge in [-0.15, -0.1) is 0 Å². The molecule has 2 aromatic heterocycles. The van der Waals surface area contributed by atoms with Crippen molar-refractivity contribution in [3.8, 4) is 11.3 Å². The Kier molecular flexibility index (Phi) is 7.40. The van der Waals surface area contributed by atoms with E-state index in [1.54, 1.807) is 0 Å². The lowest BCUT2D eigenvalue weighted by Gasteiger charge is -2.20. The highest BCUT2D eigenvalue weighted by molar-refractivity contribution is 5.97. The summed E-state index contributed by atoms with van der Waals surface area (Å²) < 4.78 is 110. The van der Waals surface area contributed by atoms with Gasteiger partial charge in [0.2, 0.25) is 5.91 Å². The number of alkyl halides is 7. The smallest absolute Gasteiger partial charge is 0.382 e. The Labute approximate surface area is 221 Å². The molecule has 0 bridgehead atoms. The van der Waals surface area contributed by atoms with Gasteiger partial charge in [-0.3, -0.25) is 9.59 Å². The van der Waals surface area contributed by atoms with E-state index in [9.17, 15) is 40.3 Å². The maximum atomic E-state index is 15.0. The van der Waals surface area contributed by atoms with E-state index in [1.807, 2.05) is 0 Å². The average Bonchev–Trinajstić information content (AvgIpc) is 3.40. The van der Waals surface area contributed by atoms with Gasteiger partial charge < -0.3 is 16.0 Å². The minimum absolute atomic E-state index is 0.0603. The normalized spacial score (nSPS) is 18.8. The van der Waals surface area contributed by atoms with Gasteiger partial charge in [-0.25, -0.2) is 18.3 Å². The molecule has 8 nitrogen and oxygen atoms in total. The van der Waals surface area contributed by atoms with E-state index in [1.165, 1.54) is 6.92 Å². The van der Waals surface area contributed by atoms with Gasteiger partial charge in [0.05, 0.1) is 29.8 Å². The number of fused-ring (bicyclic) bond motifs is 1. The fraction of sp³-hybridized carbons (Fsp3) is 0.417. The van der Waals surface area contributed by atoms with E-state index >= 15 is 4.39 Å². The molecule has 1 aliphatic rings. The number of rotatable bonds is 5. The van der Waals surface area contributed by atoms with Gasteiger partial charge >= 0.3 is 12.4 Å². The number of aryl methyl sites for hydroxylation is 1. The molecule has 1 unspecified atom stereocenters. The Morgan fingerprint density at radius 2 is 1.82 bits per heavy atom. The lowest BCUT2D eigenvalue weighted by atomic mass is 10.0. The van der Waals surface area contributed by atoms with Crippen LogP contribution < -0.4 is 11.1 Å². The van der Waals surface area contributed by atoms with E-state index < -0.39 is 90.1 Å². The van der Waals surface area contributed by atoms with Crippen LogP contribution in [0.4, 0.5) is 40.9 Å². The first-order valence-corrected chi connectivity index (χ1v) is 11.8. The quantitative estimate of drug-likeness (QED) is 0.439.